The summed E-state index contributed by atoms with van der Waals surface area (Å²) in [5.74, 6) is -0.0932. The molecule has 0 aromatic heterocycles. The Morgan fingerprint density at radius 1 is 1.23 bits per heavy atom. The number of amides is 1. The maximum atomic E-state index is 11.9. The zero-order chi connectivity index (χ0) is 16.1. The summed E-state index contributed by atoms with van der Waals surface area (Å²) >= 11 is 3.31. The molecule has 5 heteroatoms. The van der Waals surface area contributed by atoms with Crippen molar-refractivity contribution in [2.24, 2.45) is 5.10 Å². The van der Waals surface area contributed by atoms with Crippen LogP contribution in [0.5, 0.6) is 5.75 Å². The van der Waals surface area contributed by atoms with Crippen LogP contribution in [0.1, 0.15) is 22.3 Å². The van der Waals surface area contributed by atoms with E-state index in [0.717, 1.165) is 15.6 Å². The van der Waals surface area contributed by atoms with E-state index in [1.165, 1.54) is 11.8 Å². The van der Waals surface area contributed by atoms with Crippen LogP contribution in [0.25, 0.3) is 0 Å². The smallest absolute Gasteiger partial charge is 0.244 e. The molecule has 22 heavy (non-hydrogen) atoms. The van der Waals surface area contributed by atoms with E-state index in [0.29, 0.717) is 5.56 Å². The third-order valence-corrected chi connectivity index (χ3v) is 3.81. The van der Waals surface area contributed by atoms with Crippen LogP contribution in [0.4, 0.5) is 0 Å². The molecule has 0 bridgehead atoms. The van der Waals surface area contributed by atoms with Gasteiger partial charge in [-0.05, 0) is 48.7 Å². The quantitative estimate of drug-likeness (QED) is 0.647. The van der Waals surface area contributed by atoms with Gasteiger partial charge >= 0.3 is 0 Å². The van der Waals surface area contributed by atoms with Gasteiger partial charge in [0.1, 0.15) is 5.75 Å². The highest BCUT2D eigenvalue weighted by Gasteiger charge is 2.04. The summed E-state index contributed by atoms with van der Waals surface area (Å²) in [5, 5.41) is 13.5. The standard InChI is InChI=1S/C17H17BrN2O2/c1-11-3-4-13(7-12(11)2)8-17(22)20-19-10-14-9-15(18)5-6-16(14)21/h3-7,9-10,21H,8H2,1-2H3,(H,20,22)/b19-10-. The fraction of sp³-hybridized carbons (Fsp3) is 0.176. The number of carbonyl (C=O) groups excluding carboxylic acids is 1. The Morgan fingerprint density at radius 2 is 2.00 bits per heavy atom. The molecule has 4 nitrogen and oxygen atoms in total. The Hall–Kier alpha value is -2.14. The largest absolute Gasteiger partial charge is 0.507 e. The highest BCUT2D eigenvalue weighted by Crippen LogP contribution is 2.19. The van der Waals surface area contributed by atoms with Crippen LogP contribution < -0.4 is 5.43 Å². The second kappa shape index (κ2) is 7.22. The topological polar surface area (TPSA) is 61.7 Å². The normalized spacial score (nSPS) is 10.9. The number of hydrazone groups is 1. The van der Waals surface area contributed by atoms with Gasteiger partial charge in [-0.3, -0.25) is 4.79 Å². The number of hydrogen-bond acceptors (Lipinski definition) is 3. The molecule has 0 aliphatic carbocycles. The third-order valence-electron chi connectivity index (χ3n) is 3.32. The van der Waals surface area contributed by atoms with Crippen LogP contribution in [0.2, 0.25) is 0 Å². The summed E-state index contributed by atoms with van der Waals surface area (Å²) in [7, 11) is 0. The predicted octanol–water partition coefficient (Wildman–Crippen LogP) is 3.46. The van der Waals surface area contributed by atoms with Gasteiger partial charge in [-0.15, -0.1) is 0 Å². The average Bonchev–Trinajstić information content (AvgIpc) is 2.46. The SMILES string of the molecule is Cc1ccc(CC(=O)N/N=C\c2cc(Br)ccc2O)cc1C. The van der Waals surface area contributed by atoms with Crippen LogP contribution in [0, 0.1) is 13.8 Å². The molecule has 0 unspecified atom stereocenters. The lowest BCUT2D eigenvalue weighted by atomic mass is 10.0. The van der Waals surface area contributed by atoms with Gasteiger partial charge in [-0.25, -0.2) is 5.43 Å². The first kappa shape index (κ1) is 16.2. The van der Waals surface area contributed by atoms with Crippen molar-refractivity contribution in [3.8, 4) is 5.75 Å². The maximum Gasteiger partial charge on any atom is 0.244 e. The molecule has 0 fully saturated rings. The molecule has 0 atom stereocenters. The Kier molecular flexibility index (Phi) is 5.33. The number of benzene rings is 2. The van der Waals surface area contributed by atoms with Crippen molar-refractivity contribution in [1.29, 1.82) is 0 Å². The Bertz CT molecular complexity index is 727. The van der Waals surface area contributed by atoms with E-state index in [4.69, 9.17) is 0 Å². The molecule has 0 saturated heterocycles. The molecule has 0 spiro atoms. The fourth-order valence-electron chi connectivity index (χ4n) is 1.94. The van der Waals surface area contributed by atoms with E-state index in [9.17, 15) is 9.90 Å². The van der Waals surface area contributed by atoms with Gasteiger partial charge in [0.15, 0.2) is 0 Å². The zero-order valence-corrected chi connectivity index (χ0v) is 14.0. The lowest BCUT2D eigenvalue weighted by molar-refractivity contribution is -0.120. The number of aromatic hydroxyl groups is 1. The number of hydrogen-bond donors (Lipinski definition) is 2. The van der Waals surface area contributed by atoms with Crippen molar-refractivity contribution in [3.63, 3.8) is 0 Å². The first-order chi connectivity index (χ1) is 10.5. The van der Waals surface area contributed by atoms with Crippen molar-refractivity contribution in [2.45, 2.75) is 20.3 Å². The maximum absolute atomic E-state index is 11.9. The number of halogens is 1. The van der Waals surface area contributed by atoms with E-state index in [1.54, 1.807) is 18.2 Å². The van der Waals surface area contributed by atoms with Gasteiger partial charge in [0.2, 0.25) is 5.91 Å². The minimum Gasteiger partial charge on any atom is -0.507 e. The van der Waals surface area contributed by atoms with Crippen molar-refractivity contribution in [1.82, 2.24) is 5.43 Å². The Morgan fingerprint density at radius 3 is 2.73 bits per heavy atom. The molecule has 0 radical (unpaired) electrons. The number of rotatable bonds is 4. The number of nitrogens with one attached hydrogen (secondary N) is 1. The predicted molar refractivity (Wildman–Crippen MR) is 91.2 cm³/mol. The van der Waals surface area contributed by atoms with Crippen LogP contribution in [0.3, 0.4) is 0 Å². The van der Waals surface area contributed by atoms with Gasteiger partial charge in [0, 0.05) is 10.0 Å². The highest BCUT2D eigenvalue weighted by atomic mass is 79.9. The van der Waals surface area contributed by atoms with Crippen molar-refractivity contribution >= 4 is 28.1 Å². The van der Waals surface area contributed by atoms with Gasteiger partial charge < -0.3 is 5.11 Å². The molecule has 2 aromatic rings. The third kappa shape index (κ3) is 4.43. The van der Waals surface area contributed by atoms with Crippen LogP contribution in [0.15, 0.2) is 46.0 Å². The monoisotopic (exact) mass is 360 g/mol. The van der Waals surface area contributed by atoms with Crippen LogP contribution in [-0.2, 0) is 11.2 Å². The molecule has 114 valence electrons. The first-order valence-electron chi connectivity index (χ1n) is 6.82. The number of carbonyl (C=O) groups is 1. The molecule has 0 saturated carbocycles. The molecule has 1 amide bonds. The van der Waals surface area contributed by atoms with E-state index >= 15 is 0 Å². The number of nitrogens with zero attached hydrogens (tertiary/aromatic N) is 1. The Labute approximate surface area is 138 Å². The average molecular weight is 361 g/mol. The molecular formula is C17H17BrN2O2. The lowest BCUT2D eigenvalue weighted by Gasteiger charge is -2.04. The van der Waals surface area contributed by atoms with Gasteiger partial charge in [-0.1, -0.05) is 34.1 Å². The summed E-state index contributed by atoms with van der Waals surface area (Å²) in [6, 6.07) is 10.9. The molecule has 0 heterocycles. The summed E-state index contributed by atoms with van der Waals surface area (Å²) in [5.41, 5.74) is 6.30. The Balaban J connectivity index is 1.96. The van der Waals surface area contributed by atoms with Crippen LogP contribution in [-0.4, -0.2) is 17.2 Å². The summed E-state index contributed by atoms with van der Waals surface area (Å²) < 4.78 is 0.827. The number of aryl methyl sites for hydroxylation is 2. The fourth-order valence-corrected chi connectivity index (χ4v) is 2.32. The van der Waals surface area contributed by atoms with Crippen molar-refractivity contribution in [2.75, 3.05) is 0 Å². The summed E-state index contributed by atoms with van der Waals surface area (Å²) in [6.45, 7) is 4.05. The zero-order valence-electron chi connectivity index (χ0n) is 12.4. The number of phenolic OH excluding ortho intramolecular Hbond substituents is 1. The second-order valence-electron chi connectivity index (χ2n) is 5.09. The van der Waals surface area contributed by atoms with E-state index in [-0.39, 0.29) is 18.1 Å². The lowest BCUT2D eigenvalue weighted by Crippen LogP contribution is -2.19. The van der Waals surface area contributed by atoms with E-state index in [1.807, 2.05) is 32.0 Å². The molecule has 0 aliphatic heterocycles. The van der Waals surface area contributed by atoms with Crippen LogP contribution >= 0.6 is 15.9 Å². The van der Waals surface area contributed by atoms with E-state index in [2.05, 4.69) is 26.5 Å². The van der Waals surface area contributed by atoms with E-state index < -0.39 is 0 Å². The van der Waals surface area contributed by atoms with Gasteiger partial charge in [0.05, 0.1) is 12.6 Å². The summed E-state index contributed by atoms with van der Waals surface area (Å²) in [6.07, 6.45) is 1.68. The highest BCUT2D eigenvalue weighted by molar-refractivity contribution is 9.10. The van der Waals surface area contributed by atoms with Crippen molar-refractivity contribution < 1.29 is 9.90 Å². The summed E-state index contributed by atoms with van der Waals surface area (Å²) in [4.78, 5) is 11.9. The van der Waals surface area contributed by atoms with Crippen molar-refractivity contribution in [3.05, 3.63) is 63.1 Å². The molecule has 2 rings (SSSR count). The first-order valence-corrected chi connectivity index (χ1v) is 7.61. The van der Waals surface area contributed by atoms with Gasteiger partial charge in [-0.2, -0.15) is 5.10 Å². The molecule has 2 aromatic carbocycles. The minimum absolute atomic E-state index is 0.107. The molecule has 2 N–H and O–H groups in total. The molecular weight excluding hydrogens is 344 g/mol. The minimum atomic E-state index is -0.200. The molecule has 0 aliphatic rings. The van der Waals surface area contributed by atoms with Gasteiger partial charge in [0.25, 0.3) is 0 Å². The number of phenols is 1. The second-order valence-corrected chi connectivity index (χ2v) is 6.01.